The van der Waals surface area contributed by atoms with Gasteiger partial charge in [0.1, 0.15) is 17.0 Å². The number of hydrogen-bond donors (Lipinski definition) is 1. The Balaban J connectivity index is 1.38. The van der Waals surface area contributed by atoms with Gasteiger partial charge in [-0.25, -0.2) is 18.7 Å². The molecule has 39 heavy (non-hydrogen) atoms. The van der Waals surface area contributed by atoms with Gasteiger partial charge in [0.2, 0.25) is 5.95 Å². The zero-order valence-corrected chi connectivity index (χ0v) is 22.9. The maximum atomic E-state index is 14.9. The zero-order valence-electron chi connectivity index (χ0n) is 22.9. The van der Waals surface area contributed by atoms with Crippen LogP contribution in [0.15, 0.2) is 42.7 Å². The second-order valence-electron chi connectivity index (χ2n) is 10.1. The fraction of sp³-hybridized carbons (Fsp3) is 0.414. The summed E-state index contributed by atoms with van der Waals surface area (Å²) >= 11 is 0. The molecular weight excluding hydrogens is 500 g/mol. The van der Waals surface area contributed by atoms with Gasteiger partial charge in [-0.3, -0.25) is 9.58 Å². The van der Waals surface area contributed by atoms with Crippen LogP contribution in [0.3, 0.4) is 0 Å². The van der Waals surface area contributed by atoms with Gasteiger partial charge >= 0.3 is 0 Å². The Bertz CT molecular complexity index is 1450. The Morgan fingerprint density at radius 1 is 1.00 bits per heavy atom. The van der Waals surface area contributed by atoms with Crippen molar-refractivity contribution in [2.45, 2.75) is 40.3 Å². The van der Waals surface area contributed by atoms with Crippen molar-refractivity contribution in [1.29, 1.82) is 0 Å². The molecule has 4 aromatic rings. The van der Waals surface area contributed by atoms with E-state index in [1.807, 2.05) is 39.0 Å². The lowest BCUT2D eigenvalue weighted by Crippen LogP contribution is -2.45. The van der Waals surface area contributed by atoms with E-state index in [1.54, 1.807) is 16.9 Å². The Kier molecular flexibility index (Phi) is 8.04. The van der Waals surface area contributed by atoms with Crippen LogP contribution in [0, 0.1) is 11.6 Å². The number of rotatable bonds is 9. The second kappa shape index (κ2) is 11.6. The van der Waals surface area contributed by atoms with Gasteiger partial charge in [0.15, 0.2) is 11.6 Å². The number of halogens is 2. The first-order valence-corrected chi connectivity index (χ1v) is 13.5. The van der Waals surface area contributed by atoms with Crippen molar-refractivity contribution in [2.24, 2.45) is 0 Å². The third-order valence-corrected chi connectivity index (χ3v) is 7.06. The Hall–Kier alpha value is -3.63. The number of ether oxygens (including phenoxy) is 1. The van der Waals surface area contributed by atoms with E-state index in [9.17, 15) is 8.78 Å². The lowest BCUT2D eigenvalue weighted by Gasteiger charge is -2.34. The van der Waals surface area contributed by atoms with Crippen molar-refractivity contribution in [3.63, 3.8) is 0 Å². The molecule has 1 N–H and O–H groups in total. The van der Waals surface area contributed by atoms with Gasteiger partial charge in [-0.15, -0.1) is 0 Å². The summed E-state index contributed by atoms with van der Waals surface area (Å²) in [6, 6.07) is 8.93. The van der Waals surface area contributed by atoms with Crippen LogP contribution in [-0.4, -0.2) is 68.9 Å². The first kappa shape index (κ1) is 27.0. The summed E-state index contributed by atoms with van der Waals surface area (Å²) in [6.45, 7) is 14.7. The average Bonchev–Trinajstić information content (AvgIpc) is 3.37. The van der Waals surface area contributed by atoms with Crippen LogP contribution in [0.25, 0.3) is 22.2 Å². The number of nitrogens with one attached hydrogen (secondary N) is 1. The van der Waals surface area contributed by atoms with Crippen molar-refractivity contribution in [2.75, 3.05) is 44.6 Å². The molecule has 0 atom stereocenters. The summed E-state index contributed by atoms with van der Waals surface area (Å²) in [5, 5.41) is 8.04. The van der Waals surface area contributed by atoms with E-state index in [-0.39, 0.29) is 23.2 Å². The van der Waals surface area contributed by atoms with Crippen LogP contribution in [-0.2, 0) is 6.54 Å². The lowest BCUT2D eigenvalue weighted by atomic mass is 10.1. The number of benzene rings is 2. The van der Waals surface area contributed by atoms with Crippen molar-refractivity contribution in [3.05, 3.63) is 59.9 Å². The van der Waals surface area contributed by atoms with Gasteiger partial charge in [0.25, 0.3) is 0 Å². The maximum absolute atomic E-state index is 14.9. The van der Waals surface area contributed by atoms with E-state index in [1.165, 1.54) is 6.07 Å². The number of likely N-dealkylation sites (N-methyl/N-ethyl adjacent to an activating group) is 1. The monoisotopic (exact) mass is 535 g/mol. The third-order valence-electron chi connectivity index (χ3n) is 7.06. The highest BCUT2D eigenvalue weighted by Crippen LogP contribution is 2.30. The Morgan fingerprint density at radius 2 is 1.77 bits per heavy atom. The van der Waals surface area contributed by atoms with Gasteiger partial charge in [-0.1, -0.05) is 13.0 Å². The third kappa shape index (κ3) is 6.02. The van der Waals surface area contributed by atoms with Crippen LogP contribution in [0.2, 0.25) is 0 Å². The summed E-state index contributed by atoms with van der Waals surface area (Å²) in [7, 11) is 0. The Morgan fingerprint density at radius 3 is 2.49 bits per heavy atom. The molecule has 206 valence electrons. The molecule has 1 aliphatic rings. The van der Waals surface area contributed by atoms with Crippen LogP contribution in [0.1, 0.15) is 39.3 Å². The molecule has 0 bridgehead atoms. The number of nitrogens with zero attached hydrogens (tertiary/aromatic N) is 6. The van der Waals surface area contributed by atoms with Gasteiger partial charge in [0, 0.05) is 73.2 Å². The minimum absolute atomic E-state index is 0.0125. The molecular formula is C29H35F2N7O. The lowest BCUT2D eigenvalue weighted by molar-refractivity contribution is 0.131. The molecule has 1 aliphatic heterocycles. The molecule has 1 fully saturated rings. The highest BCUT2D eigenvalue weighted by atomic mass is 19.1. The molecule has 3 heterocycles. The Labute approximate surface area is 227 Å². The van der Waals surface area contributed by atoms with E-state index in [0.717, 1.165) is 62.5 Å². The average molecular weight is 536 g/mol. The molecule has 0 unspecified atom stereocenters. The molecule has 0 aliphatic carbocycles. The molecule has 2 aromatic carbocycles. The smallest absolute Gasteiger partial charge is 0.227 e. The minimum Gasteiger partial charge on any atom is -0.493 e. The topological polar surface area (TPSA) is 71.3 Å². The summed E-state index contributed by atoms with van der Waals surface area (Å²) in [5.74, 6) is -0.167. The fourth-order valence-electron chi connectivity index (χ4n) is 4.83. The van der Waals surface area contributed by atoms with E-state index < -0.39 is 11.6 Å². The van der Waals surface area contributed by atoms with Gasteiger partial charge < -0.3 is 15.0 Å². The first-order valence-electron chi connectivity index (χ1n) is 13.5. The number of piperazine rings is 1. The molecule has 5 rings (SSSR count). The van der Waals surface area contributed by atoms with Crippen molar-refractivity contribution in [1.82, 2.24) is 29.5 Å². The summed E-state index contributed by atoms with van der Waals surface area (Å²) in [4.78, 5) is 13.4. The predicted molar refractivity (Wildman–Crippen MR) is 149 cm³/mol. The van der Waals surface area contributed by atoms with Gasteiger partial charge in [0.05, 0.1) is 12.8 Å². The molecule has 0 amide bonds. The summed E-state index contributed by atoms with van der Waals surface area (Å²) in [5.41, 5.74) is 2.41. The molecule has 10 heteroatoms. The fourth-order valence-corrected chi connectivity index (χ4v) is 4.83. The number of anilines is 2. The van der Waals surface area contributed by atoms with Gasteiger partial charge in [-0.05, 0) is 45.5 Å². The van der Waals surface area contributed by atoms with Crippen LogP contribution < -0.4 is 10.1 Å². The van der Waals surface area contributed by atoms with Crippen molar-refractivity contribution in [3.8, 4) is 17.0 Å². The first-order chi connectivity index (χ1) is 18.8. The number of fused-ring (bicyclic) bond motifs is 1. The number of hydrogen-bond acceptors (Lipinski definition) is 7. The SMILES string of the molecule is CCOc1cc(Nc2ncc(F)c(-c3cc(F)c4nn(C(C)C)cc4c3)n2)ccc1CN1CCN(CC)CC1. The minimum atomic E-state index is -0.635. The van der Waals surface area contributed by atoms with Gasteiger partial charge in [-0.2, -0.15) is 5.10 Å². The van der Waals surface area contributed by atoms with Crippen LogP contribution in [0.4, 0.5) is 20.4 Å². The second-order valence-corrected chi connectivity index (χ2v) is 10.1. The summed E-state index contributed by atoms with van der Waals surface area (Å²) in [6.07, 6.45) is 2.85. The molecule has 8 nitrogen and oxygen atoms in total. The standard InChI is InChI=1S/C29H35F2N7O/c1-5-36-9-11-37(12-10-36)17-20-7-8-23(15-26(20)39-6-2)33-29-32-16-25(31)27(34-29)21-13-22-18-38(19(3)4)35-28(22)24(30)14-21/h7-8,13-16,18-19H,5-6,9-12,17H2,1-4H3,(H,32,33,34). The van der Waals surface area contributed by atoms with Crippen molar-refractivity contribution < 1.29 is 13.5 Å². The molecule has 0 radical (unpaired) electrons. The predicted octanol–water partition coefficient (Wildman–Crippen LogP) is 5.63. The van der Waals surface area contributed by atoms with E-state index in [0.29, 0.717) is 17.6 Å². The molecule has 0 spiro atoms. The normalized spacial score (nSPS) is 14.8. The highest BCUT2D eigenvalue weighted by molar-refractivity contribution is 5.84. The summed E-state index contributed by atoms with van der Waals surface area (Å²) < 4.78 is 37.3. The molecule has 2 aromatic heterocycles. The van der Waals surface area contributed by atoms with Crippen molar-refractivity contribution >= 4 is 22.5 Å². The van der Waals surface area contributed by atoms with E-state index in [4.69, 9.17) is 4.74 Å². The highest BCUT2D eigenvalue weighted by Gasteiger charge is 2.19. The van der Waals surface area contributed by atoms with Crippen LogP contribution >= 0.6 is 0 Å². The quantitative estimate of drug-likeness (QED) is 0.298. The largest absolute Gasteiger partial charge is 0.493 e. The molecule has 1 saturated heterocycles. The molecule has 0 saturated carbocycles. The zero-order chi connectivity index (χ0) is 27.5. The maximum Gasteiger partial charge on any atom is 0.227 e. The van der Waals surface area contributed by atoms with E-state index in [2.05, 4.69) is 37.1 Å². The number of aromatic nitrogens is 4. The van der Waals surface area contributed by atoms with E-state index >= 15 is 0 Å². The van der Waals surface area contributed by atoms with Crippen LogP contribution in [0.5, 0.6) is 5.75 Å².